The van der Waals surface area contributed by atoms with Crippen LogP contribution in [0.15, 0.2) is 24.5 Å². The van der Waals surface area contributed by atoms with E-state index in [9.17, 15) is 0 Å². The molecule has 6 heteroatoms. The van der Waals surface area contributed by atoms with E-state index in [-0.39, 0.29) is 6.10 Å². The van der Waals surface area contributed by atoms with E-state index in [1.165, 1.54) is 0 Å². The van der Waals surface area contributed by atoms with Gasteiger partial charge in [-0.15, -0.1) is 5.10 Å². The molecule has 0 aliphatic carbocycles. The van der Waals surface area contributed by atoms with Crippen LogP contribution in [0.1, 0.15) is 11.7 Å². The van der Waals surface area contributed by atoms with E-state index in [0.29, 0.717) is 0 Å². The van der Waals surface area contributed by atoms with Crippen molar-refractivity contribution in [1.82, 2.24) is 20.2 Å². The van der Waals surface area contributed by atoms with Crippen molar-refractivity contribution < 1.29 is 9.47 Å². The van der Waals surface area contributed by atoms with Crippen molar-refractivity contribution in [2.45, 2.75) is 6.10 Å². The zero-order valence-electron chi connectivity index (χ0n) is 8.70. The highest BCUT2D eigenvalue weighted by molar-refractivity contribution is 5.46. The lowest BCUT2D eigenvalue weighted by molar-refractivity contribution is 0.383. The third-order valence-electron chi connectivity index (χ3n) is 2.51. The summed E-state index contributed by atoms with van der Waals surface area (Å²) in [7, 11) is 1.64. The Labute approximate surface area is 91.8 Å². The maximum Gasteiger partial charge on any atom is 0.143 e. The fourth-order valence-corrected chi connectivity index (χ4v) is 1.62. The van der Waals surface area contributed by atoms with Crippen molar-refractivity contribution in [1.29, 1.82) is 0 Å². The van der Waals surface area contributed by atoms with Gasteiger partial charge in [0.2, 0.25) is 0 Å². The van der Waals surface area contributed by atoms with E-state index in [1.807, 2.05) is 18.2 Å². The molecule has 6 nitrogen and oxygen atoms in total. The lowest BCUT2D eigenvalue weighted by Gasteiger charge is -2.08. The molecule has 1 unspecified atom stereocenters. The molecule has 16 heavy (non-hydrogen) atoms. The minimum atomic E-state index is 0.179. The zero-order valence-corrected chi connectivity index (χ0v) is 8.70. The second-order valence-electron chi connectivity index (χ2n) is 3.50. The summed E-state index contributed by atoms with van der Waals surface area (Å²) < 4.78 is 12.1. The molecule has 1 aliphatic heterocycles. The number of methoxy groups -OCH3 is 1. The summed E-state index contributed by atoms with van der Waals surface area (Å²) in [6, 6.07) is 5.82. The predicted molar refractivity (Wildman–Crippen MR) is 54.4 cm³/mol. The van der Waals surface area contributed by atoms with Crippen LogP contribution in [0.4, 0.5) is 0 Å². The molecule has 2 aromatic rings. The fraction of sp³-hybridized carbons (Fsp3) is 0.300. The highest BCUT2D eigenvalue weighted by Gasteiger charge is 2.28. The maximum atomic E-state index is 5.32. The summed E-state index contributed by atoms with van der Waals surface area (Å²) in [6.07, 6.45) is 1.72. The van der Waals surface area contributed by atoms with Crippen LogP contribution in [0.3, 0.4) is 0 Å². The highest BCUT2D eigenvalue weighted by atomic mass is 16.6. The molecule has 1 fully saturated rings. The Kier molecular flexibility index (Phi) is 2.07. The van der Waals surface area contributed by atoms with Crippen LogP contribution in [0.5, 0.6) is 5.75 Å². The van der Waals surface area contributed by atoms with Crippen molar-refractivity contribution in [3.63, 3.8) is 0 Å². The summed E-state index contributed by atoms with van der Waals surface area (Å²) in [4.78, 5) is 0. The van der Waals surface area contributed by atoms with Gasteiger partial charge in [0, 0.05) is 11.6 Å². The van der Waals surface area contributed by atoms with E-state index in [2.05, 4.69) is 15.5 Å². The van der Waals surface area contributed by atoms with Gasteiger partial charge < -0.3 is 9.47 Å². The number of benzene rings is 1. The lowest BCUT2D eigenvalue weighted by Crippen LogP contribution is -1.98. The largest absolute Gasteiger partial charge is 0.496 e. The fourth-order valence-electron chi connectivity index (χ4n) is 1.62. The van der Waals surface area contributed by atoms with Crippen LogP contribution in [-0.2, 0) is 4.74 Å². The van der Waals surface area contributed by atoms with Gasteiger partial charge in [0.05, 0.1) is 19.4 Å². The topological polar surface area (TPSA) is 65.4 Å². The van der Waals surface area contributed by atoms with Crippen LogP contribution in [0.25, 0.3) is 5.69 Å². The van der Waals surface area contributed by atoms with Crippen molar-refractivity contribution >= 4 is 0 Å². The zero-order chi connectivity index (χ0) is 11.0. The molecule has 1 aromatic carbocycles. The molecule has 0 radical (unpaired) electrons. The Morgan fingerprint density at radius 3 is 3.00 bits per heavy atom. The van der Waals surface area contributed by atoms with Gasteiger partial charge in [0.1, 0.15) is 18.2 Å². The van der Waals surface area contributed by atoms with Crippen molar-refractivity contribution in [2.75, 3.05) is 13.7 Å². The van der Waals surface area contributed by atoms with Gasteiger partial charge in [-0.25, -0.2) is 4.68 Å². The summed E-state index contributed by atoms with van der Waals surface area (Å²) in [5.41, 5.74) is 1.94. The number of tetrazole rings is 1. The van der Waals surface area contributed by atoms with Crippen LogP contribution < -0.4 is 4.74 Å². The van der Waals surface area contributed by atoms with Gasteiger partial charge in [-0.3, -0.25) is 0 Å². The van der Waals surface area contributed by atoms with E-state index in [1.54, 1.807) is 18.1 Å². The number of aromatic nitrogens is 4. The number of ether oxygens (including phenoxy) is 2. The average molecular weight is 218 g/mol. The smallest absolute Gasteiger partial charge is 0.143 e. The maximum absolute atomic E-state index is 5.32. The van der Waals surface area contributed by atoms with Gasteiger partial charge in [-0.05, 0) is 16.5 Å². The standard InChI is InChI=1S/C10H10N4O2/c1-15-9-4-7(14-6-11-12-13-14)2-3-8(9)10-5-16-10/h2-4,6,10H,5H2,1H3. The van der Waals surface area contributed by atoms with Crippen LogP contribution in [0, 0.1) is 0 Å². The molecular formula is C10H10N4O2. The van der Waals surface area contributed by atoms with E-state index in [4.69, 9.17) is 9.47 Å². The number of hydrogen-bond acceptors (Lipinski definition) is 5. The third kappa shape index (κ3) is 1.53. The Hall–Kier alpha value is -1.95. The number of rotatable bonds is 3. The first-order valence-corrected chi connectivity index (χ1v) is 4.91. The van der Waals surface area contributed by atoms with Crippen molar-refractivity contribution in [3.05, 3.63) is 30.1 Å². The summed E-state index contributed by atoms with van der Waals surface area (Å²) >= 11 is 0. The molecule has 1 atom stereocenters. The minimum absolute atomic E-state index is 0.179. The summed E-state index contributed by atoms with van der Waals surface area (Å²) in [6.45, 7) is 0.764. The molecule has 0 saturated carbocycles. The van der Waals surface area contributed by atoms with E-state index >= 15 is 0 Å². The third-order valence-corrected chi connectivity index (χ3v) is 2.51. The van der Waals surface area contributed by atoms with Gasteiger partial charge in [0.15, 0.2) is 0 Å². The van der Waals surface area contributed by atoms with Crippen LogP contribution in [0.2, 0.25) is 0 Å². The molecule has 82 valence electrons. The van der Waals surface area contributed by atoms with Crippen LogP contribution >= 0.6 is 0 Å². The highest BCUT2D eigenvalue weighted by Crippen LogP contribution is 2.36. The molecular weight excluding hydrogens is 208 g/mol. The monoisotopic (exact) mass is 218 g/mol. The first kappa shape index (κ1) is 9.29. The Balaban J connectivity index is 2.02. The van der Waals surface area contributed by atoms with Gasteiger partial charge in [-0.1, -0.05) is 6.07 Å². The average Bonchev–Trinajstić information content (AvgIpc) is 3.03. The normalized spacial score (nSPS) is 18.4. The summed E-state index contributed by atoms with van der Waals surface area (Å²) in [5, 5.41) is 11.0. The van der Waals surface area contributed by atoms with E-state index in [0.717, 1.165) is 23.6 Å². The second kappa shape index (κ2) is 3.57. The SMILES string of the molecule is COc1cc(-n2cnnn2)ccc1C1CO1. The van der Waals surface area contributed by atoms with E-state index < -0.39 is 0 Å². The minimum Gasteiger partial charge on any atom is -0.496 e. The van der Waals surface area contributed by atoms with Gasteiger partial charge in [-0.2, -0.15) is 0 Å². The molecule has 1 aromatic heterocycles. The molecule has 0 spiro atoms. The van der Waals surface area contributed by atoms with Gasteiger partial charge in [0.25, 0.3) is 0 Å². The molecule has 2 heterocycles. The first-order valence-electron chi connectivity index (χ1n) is 4.91. The Morgan fingerprint density at radius 2 is 2.38 bits per heavy atom. The second-order valence-corrected chi connectivity index (χ2v) is 3.50. The lowest BCUT2D eigenvalue weighted by atomic mass is 10.1. The van der Waals surface area contributed by atoms with Crippen molar-refractivity contribution in [2.24, 2.45) is 0 Å². The number of nitrogens with zero attached hydrogens (tertiary/aromatic N) is 4. The molecule has 0 amide bonds. The Morgan fingerprint density at radius 1 is 1.50 bits per heavy atom. The summed E-state index contributed by atoms with van der Waals surface area (Å²) in [5.74, 6) is 0.801. The predicted octanol–water partition coefficient (Wildman–Crippen LogP) is 0.742. The van der Waals surface area contributed by atoms with Gasteiger partial charge >= 0.3 is 0 Å². The Bertz CT molecular complexity index is 494. The molecule has 1 aliphatic rings. The van der Waals surface area contributed by atoms with Crippen molar-refractivity contribution in [3.8, 4) is 11.4 Å². The molecule has 0 bridgehead atoms. The molecule has 3 rings (SSSR count). The first-order chi connectivity index (χ1) is 7.88. The number of epoxide rings is 1. The number of hydrogen-bond donors (Lipinski definition) is 0. The van der Waals surface area contributed by atoms with Crippen LogP contribution in [-0.4, -0.2) is 33.9 Å². The molecule has 0 N–H and O–H groups in total. The quantitative estimate of drug-likeness (QED) is 0.711. The molecule has 1 saturated heterocycles.